The van der Waals surface area contributed by atoms with Crippen molar-refractivity contribution in [3.05, 3.63) is 59.7 Å². The zero-order valence-corrected chi connectivity index (χ0v) is 15.1. The molecule has 1 heterocycles. The van der Waals surface area contributed by atoms with E-state index in [2.05, 4.69) is 11.4 Å². The predicted octanol–water partition coefficient (Wildman–Crippen LogP) is 2.74. The van der Waals surface area contributed by atoms with Gasteiger partial charge in [-0.15, -0.1) is 0 Å². The zero-order valence-electron chi connectivity index (χ0n) is 15.1. The van der Waals surface area contributed by atoms with Crippen LogP contribution >= 0.6 is 0 Å². The molecule has 2 aromatic rings. The molecule has 136 valence electrons. The van der Waals surface area contributed by atoms with E-state index in [0.717, 1.165) is 36.3 Å². The van der Waals surface area contributed by atoms with E-state index in [0.29, 0.717) is 13.0 Å². The van der Waals surface area contributed by atoms with Gasteiger partial charge in [0.15, 0.2) is 0 Å². The van der Waals surface area contributed by atoms with Gasteiger partial charge in [-0.1, -0.05) is 37.3 Å². The number of rotatable bonds is 5. The number of benzene rings is 2. The number of nitrogens with two attached hydrogens (primary N) is 1. The number of fused-ring (bicyclic) bond motifs is 1. The van der Waals surface area contributed by atoms with E-state index in [-0.39, 0.29) is 17.7 Å². The molecular weight excluding hydrogens is 326 g/mol. The third-order valence-corrected chi connectivity index (χ3v) is 4.79. The van der Waals surface area contributed by atoms with E-state index in [1.54, 1.807) is 6.92 Å². The number of nitrogens with one attached hydrogen (secondary N) is 1. The summed E-state index contributed by atoms with van der Waals surface area (Å²) >= 11 is 0. The molecule has 1 aliphatic heterocycles. The van der Waals surface area contributed by atoms with E-state index >= 15 is 0 Å². The second kappa shape index (κ2) is 8.15. The minimum Gasteiger partial charge on any atom is -0.330 e. The van der Waals surface area contributed by atoms with Crippen LogP contribution in [0.3, 0.4) is 0 Å². The van der Waals surface area contributed by atoms with E-state index < -0.39 is 0 Å². The quantitative estimate of drug-likeness (QED) is 0.870. The molecular formula is C21H25N3O2. The van der Waals surface area contributed by atoms with Crippen molar-refractivity contribution in [2.75, 3.05) is 23.3 Å². The molecule has 0 radical (unpaired) electrons. The third kappa shape index (κ3) is 4.11. The van der Waals surface area contributed by atoms with Crippen LogP contribution in [0.15, 0.2) is 48.5 Å². The summed E-state index contributed by atoms with van der Waals surface area (Å²) in [6.07, 6.45) is 2.37. The lowest BCUT2D eigenvalue weighted by Gasteiger charge is -2.29. The zero-order chi connectivity index (χ0) is 18.5. The van der Waals surface area contributed by atoms with E-state index in [4.69, 9.17) is 5.73 Å². The van der Waals surface area contributed by atoms with Gasteiger partial charge in [0, 0.05) is 30.4 Å². The number of anilines is 2. The molecule has 3 N–H and O–H groups in total. The highest BCUT2D eigenvalue weighted by Gasteiger charge is 2.22. The normalized spacial score (nSPS) is 14.5. The van der Waals surface area contributed by atoms with Crippen LogP contribution in [0.25, 0.3) is 0 Å². The number of nitrogens with zero attached hydrogens (tertiary/aromatic N) is 1. The molecule has 2 aromatic carbocycles. The van der Waals surface area contributed by atoms with Crippen molar-refractivity contribution in [3.8, 4) is 0 Å². The fourth-order valence-electron chi connectivity index (χ4n) is 3.14. The summed E-state index contributed by atoms with van der Waals surface area (Å²) in [5.41, 5.74) is 9.42. The summed E-state index contributed by atoms with van der Waals surface area (Å²) in [5.74, 6) is -0.220. The molecule has 1 unspecified atom stereocenters. The Balaban J connectivity index is 1.65. The number of aryl methyl sites for hydroxylation is 1. The standard InChI is InChI=1S/C21H25N3O2/c1-15(14-22)21(26)23-18-10-8-16(9-11-18)13-20(25)24-12-4-6-17-5-2-3-7-19(17)24/h2-3,5,7-11,15H,4,6,12-14,22H2,1H3,(H,23,26). The maximum absolute atomic E-state index is 12.8. The number of para-hydroxylation sites is 1. The van der Waals surface area contributed by atoms with E-state index in [1.165, 1.54) is 5.56 Å². The Morgan fingerprint density at radius 2 is 1.88 bits per heavy atom. The molecule has 5 nitrogen and oxygen atoms in total. The van der Waals surface area contributed by atoms with Crippen LogP contribution in [0, 0.1) is 5.92 Å². The largest absolute Gasteiger partial charge is 0.330 e. The lowest BCUT2D eigenvalue weighted by atomic mass is 10.0. The SMILES string of the molecule is CC(CN)C(=O)Nc1ccc(CC(=O)N2CCCc3ccccc32)cc1. The van der Waals surface area contributed by atoms with Gasteiger partial charge < -0.3 is 16.0 Å². The van der Waals surface area contributed by atoms with Crippen LogP contribution in [0.5, 0.6) is 0 Å². The Morgan fingerprint density at radius 1 is 1.15 bits per heavy atom. The predicted molar refractivity (Wildman–Crippen MR) is 104 cm³/mol. The number of carbonyl (C=O) groups is 2. The topological polar surface area (TPSA) is 75.4 Å². The fraction of sp³-hybridized carbons (Fsp3) is 0.333. The van der Waals surface area contributed by atoms with Crippen LogP contribution < -0.4 is 16.0 Å². The van der Waals surface area contributed by atoms with E-state index in [1.807, 2.05) is 47.4 Å². The molecule has 1 atom stereocenters. The number of carbonyl (C=O) groups excluding carboxylic acids is 2. The second-order valence-electron chi connectivity index (χ2n) is 6.78. The molecule has 0 saturated carbocycles. The van der Waals surface area contributed by atoms with Crippen molar-refractivity contribution in [1.29, 1.82) is 0 Å². The minimum absolute atomic E-state index is 0.0961. The smallest absolute Gasteiger partial charge is 0.231 e. The first-order valence-corrected chi connectivity index (χ1v) is 9.06. The average molecular weight is 351 g/mol. The van der Waals surface area contributed by atoms with Gasteiger partial charge in [0.05, 0.1) is 6.42 Å². The van der Waals surface area contributed by atoms with Crippen molar-refractivity contribution in [3.63, 3.8) is 0 Å². The monoisotopic (exact) mass is 351 g/mol. The van der Waals surface area contributed by atoms with Crippen LogP contribution in [0.1, 0.15) is 24.5 Å². The van der Waals surface area contributed by atoms with Gasteiger partial charge in [-0.3, -0.25) is 9.59 Å². The summed E-state index contributed by atoms with van der Waals surface area (Å²) < 4.78 is 0. The van der Waals surface area contributed by atoms with Crippen molar-refractivity contribution in [2.24, 2.45) is 11.7 Å². The highest BCUT2D eigenvalue weighted by Crippen LogP contribution is 2.27. The lowest BCUT2D eigenvalue weighted by molar-refractivity contribution is -0.119. The molecule has 26 heavy (non-hydrogen) atoms. The van der Waals surface area contributed by atoms with Crippen molar-refractivity contribution >= 4 is 23.2 Å². The molecule has 0 saturated heterocycles. The summed E-state index contributed by atoms with van der Waals surface area (Å²) in [7, 11) is 0. The summed E-state index contributed by atoms with van der Waals surface area (Å²) in [5, 5.41) is 2.84. The van der Waals surface area contributed by atoms with Crippen molar-refractivity contribution in [1.82, 2.24) is 0 Å². The average Bonchev–Trinajstić information content (AvgIpc) is 2.68. The Kier molecular flexibility index (Phi) is 5.68. The molecule has 0 aliphatic carbocycles. The molecule has 0 spiro atoms. The summed E-state index contributed by atoms with van der Waals surface area (Å²) in [6, 6.07) is 15.5. The highest BCUT2D eigenvalue weighted by molar-refractivity contribution is 5.96. The van der Waals surface area contributed by atoms with Gasteiger partial charge in [-0.25, -0.2) is 0 Å². The maximum atomic E-state index is 12.8. The molecule has 0 fully saturated rings. The third-order valence-electron chi connectivity index (χ3n) is 4.79. The summed E-state index contributed by atoms with van der Waals surface area (Å²) in [6.45, 7) is 2.87. The first-order chi connectivity index (χ1) is 12.6. The van der Waals surface area contributed by atoms with E-state index in [9.17, 15) is 9.59 Å². The highest BCUT2D eigenvalue weighted by atomic mass is 16.2. The van der Waals surface area contributed by atoms with Gasteiger partial charge in [0.2, 0.25) is 11.8 Å². The summed E-state index contributed by atoms with van der Waals surface area (Å²) in [4.78, 5) is 26.5. The molecule has 2 amide bonds. The van der Waals surface area contributed by atoms with Gasteiger partial charge in [0.1, 0.15) is 0 Å². The Bertz CT molecular complexity index is 786. The minimum atomic E-state index is -0.226. The first kappa shape index (κ1) is 18.1. The number of amides is 2. The molecule has 0 bridgehead atoms. The first-order valence-electron chi connectivity index (χ1n) is 9.06. The Hall–Kier alpha value is -2.66. The Labute approximate surface area is 154 Å². The maximum Gasteiger partial charge on any atom is 0.231 e. The molecule has 3 rings (SSSR count). The number of hydrogen-bond donors (Lipinski definition) is 2. The van der Waals surface area contributed by atoms with Crippen LogP contribution in [-0.4, -0.2) is 24.9 Å². The van der Waals surface area contributed by atoms with Gasteiger partial charge in [-0.2, -0.15) is 0 Å². The molecule has 1 aliphatic rings. The second-order valence-corrected chi connectivity index (χ2v) is 6.78. The molecule has 0 aromatic heterocycles. The lowest BCUT2D eigenvalue weighted by Crippen LogP contribution is -2.36. The van der Waals surface area contributed by atoms with Gasteiger partial charge in [-0.05, 0) is 42.2 Å². The van der Waals surface area contributed by atoms with Crippen LogP contribution in [0.4, 0.5) is 11.4 Å². The van der Waals surface area contributed by atoms with Crippen molar-refractivity contribution < 1.29 is 9.59 Å². The van der Waals surface area contributed by atoms with Gasteiger partial charge in [0.25, 0.3) is 0 Å². The Morgan fingerprint density at radius 3 is 2.62 bits per heavy atom. The van der Waals surface area contributed by atoms with Crippen LogP contribution in [-0.2, 0) is 22.4 Å². The van der Waals surface area contributed by atoms with Crippen LogP contribution in [0.2, 0.25) is 0 Å². The fourth-order valence-corrected chi connectivity index (χ4v) is 3.14. The van der Waals surface area contributed by atoms with Gasteiger partial charge >= 0.3 is 0 Å². The number of hydrogen-bond acceptors (Lipinski definition) is 3. The van der Waals surface area contributed by atoms with Crippen molar-refractivity contribution in [2.45, 2.75) is 26.2 Å². The molecule has 5 heteroatoms.